The number of amides is 1. The first kappa shape index (κ1) is 23.3. The van der Waals surface area contributed by atoms with Gasteiger partial charge in [0.15, 0.2) is 0 Å². The molecule has 0 bridgehead atoms. The fraction of sp³-hybridized carbons (Fsp3) is 0.462. The van der Waals surface area contributed by atoms with E-state index in [0.29, 0.717) is 22.6 Å². The average Bonchev–Trinajstić information content (AvgIpc) is 3.49. The van der Waals surface area contributed by atoms with Crippen LogP contribution >= 0.6 is 23.2 Å². The first-order valence-corrected chi connectivity index (χ1v) is 13.1. The van der Waals surface area contributed by atoms with Gasteiger partial charge in [-0.25, -0.2) is 4.98 Å². The van der Waals surface area contributed by atoms with E-state index in [9.17, 15) is 4.79 Å². The summed E-state index contributed by atoms with van der Waals surface area (Å²) in [5.74, 6) is 0.186. The molecule has 0 saturated carbocycles. The smallest absolute Gasteiger partial charge is 0.227 e. The topological polar surface area (TPSA) is 56.6 Å². The number of carbonyl (C=O) groups excluding carboxylic acids is 1. The van der Waals surface area contributed by atoms with Crippen LogP contribution in [0.1, 0.15) is 31.9 Å². The van der Waals surface area contributed by atoms with Gasteiger partial charge in [-0.2, -0.15) is 0 Å². The number of ether oxygens (including phenoxy) is 1. The predicted octanol–water partition coefficient (Wildman–Crippen LogP) is 4.69. The highest BCUT2D eigenvalue weighted by atomic mass is 35.5. The summed E-state index contributed by atoms with van der Waals surface area (Å²) in [6, 6.07) is 9.55. The molecule has 2 aromatic heterocycles. The summed E-state index contributed by atoms with van der Waals surface area (Å²) >= 11 is 12.8. The first-order valence-electron chi connectivity index (χ1n) is 12.4. The zero-order valence-electron chi connectivity index (χ0n) is 19.8. The van der Waals surface area contributed by atoms with Crippen molar-refractivity contribution in [3.8, 4) is 11.3 Å². The molecule has 3 aliphatic heterocycles. The molecule has 3 aromatic rings. The van der Waals surface area contributed by atoms with Crippen LogP contribution in [-0.2, 0) is 16.1 Å². The Morgan fingerprint density at radius 2 is 1.86 bits per heavy atom. The Balaban J connectivity index is 1.36. The summed E-state index contributed by atoms with van der Waals surface area (Å²) in [6.07, 6.45) is 5.28. The van der Waals surface area contributed by atoms with Gasteiger partial charge in [0.25, 0.3) is 0 Å². The van der Waals surface area contributed by atoms with Crippen molar-refractivity contribution in [3.05, 3.63) is 52.3 Å². The number of imidazole rings is 1. The minimum atomic E-state index is 0.186. The van der Waals surface area contributed by atoms with E-state index in [1.165, 1.54) is 0 Å². The second-order valence-electron chi connectivity index (χ2n) is 9.69. The number of piperazine rings is 1. The van der Waals surface area contributed by atoms with E-state index >= 15 is 0 Å². The Morgan fingerprint density at radius 1 is 1.06 bits per heavy atom. The molecular formula is C26H29Cl2N5O2. The maximum Gasteiger partial charge on any atom is 0.227 e. The Bertz CT molecular complexity index is 1270. The second kappa shape index (κ2) is 9.37. The Hall–Kier alpha value is -2.16. The lowest BCUT2D eigenvalue weighted by atomic mass is 10.1. The van der Waals surface area contributed by atoms with Crippen LogP contribution in [0.3, 0.4) is 0 Å². The number of hydrogen-bond acceptors (Lipinski definition) is 5. The zero-order valence-corrected chi connectivity index (χ0v) is 21.3. The third-order valence-electron chi connectivity index (χ3n) is 7.34. The van der Waals surface area contributed by atoms with E-state index in [-0.39, 0.29) is 12.1 Å². The van der Waals surface area contributed by atoms with E-state index in [0.717, 1.165) is 80.4 Å². The van der Waals surface area contributed by atoms with Crippen molar-refractivity contribution in [2.24, 2.45) is 0 Å². The lowest BCUT2D eigenvalue weighted by molar-refractivity contribution is -0.119. The quantitative estimate of drug-likeness (QED) is 0.463. The van der Waals surface area contributed by atoms with E-state index in [1.54, 1.807) is 6.07 Å². The Kier molecular flexibility index (Phi) is 6.23. The summed E-state index contributed by atoms with van der Waals surface area (Å²) in [6.45, 7) is 7.50. The predicted molar refractivity (Wildman–Crippen MR) is 138 cm³/mol. The Morgan fingerprint density at radius 3 is 2.57 bits per heavy atom. The molecule has 9 heteroatoms. The molecule has 5 heterocycles. The summed E-state index contributed by atoms with van der Waals surface area (Å²) in [5, 5.41) is 1.18. The van der Waals surface area contributed by atoms with Crippen molar-refractivity contribution in [1.82, 2.24) is 19.2 Å². The molecule has 2 unspecified atom stereocenters. The van der Waals surface area contributed by atoms with Crippen molar-refractivity contribution in [2.45, 2.75) is 45.1 Å². The molecule has 0 aliphatic carbocycles. The van der Waals surface area contributed by atoms with Gasteiger partial charge in [-0.1, -0.05) is 23.2 Å². The van der Waals surface area contributed by atoms with Gasteiger partial charge in [0.05, 0.1) is 28.2 Å². The van der Waals surface area contributed by atoms with E-state index in [4.69, 9.17) is 32.9 Å². The van der Waals surface area contributed by atoms with Crippen LogP contribution in [0.2, 0.25) is 10.0 Å². The van der Waals surface area contributed by atoms with Crippen molar-refractivity contribution >= 4 is 40.4 Å². The molecule has 3 fully saturated rings. The molecular weight excluding hydrogens is 485 g/mol. The molecule has 0 spiro atoms. The number of pyridine rings is 1. The summed E-state index contributed by atoms with van der Waals surface area (Å²) in [5.41, 5.74) is 4.55. The number of carbonyl (C=O) groups is 1. The van der Waals surface area contributed by atoms with Crippen LogP contribution in [-0.4, -0.2) is 70.1 Å². The molecule has 2 atom stereocenters. The van der Waals surface area contributed by atoms with Gasteiger partial charge in [0.1, 0.15) is 11.9 Å². The molecule has 7 nitrogen and oxygen atoms in total. The lowest BCUT2D eigenvalue weighted by Crippen LogP contribution is -2.47. The molecule has 0 N–H and O–H groups in total. The normalized spacial score (nSPS) is 23.9. The monoisotopic (exact) mass is 513 g/mol. The first-order chi connectivity index (χ1) is 17.0. The molecule has 1 aromatic carbocycles. The number of nitrogens with zero attached hydrogens (tertiary/aromatic N) is 5. The fourth-order valence-corrected chi connectivity index (χ4v) is 5.81. The number of anilines is 1. The number of piperidine rings is 1. The van der Waals surface area contributed by atoms with Gasteiger partial charge in [0, 0.05) is 62.5 Å². The third-order valence-corrected chi connectivity index (χ3v) is 7.89. The lowest BCUT2D eigenvalue weighted by Gasteiger charge is -2.34. The van der Waals surface area contributed by atoms with Crippen LogP contribution in [0.25, 0.3) is 16.9 Å². The number of fused-ring (bicyclic) bond motifs is 1. The van der Waals surface area contributed by atoms with Gasteiger partial charge in [-0.05, 0) is 50.1 Å². The average molecular weight is 514 g/mol. The second-order valence-corrected chi connectivity index (χ2v) is 10.5. The highest BCUT2D eigenvalue weighted by molar-refractivity contribution is 6.36. The molecule has 184 valence electrons. The van der Waals surface area contributed by atoms with Crippen molar-refractivity contribution in [2.75, 3.05) is 37.6 Å². The van der Waals surface area contributed by atoms with Crippen LogP contribution in [0.5, 0.6) is 0 Å². The summed E-state index contributed by atoms with van der Waals surface area (Å²) in [4.78, 5) is 24.4. The fourth-order valence-electron chi connectivity index (χ4n) is 5.31. The van der Waals surface area contributed by atoms with Crippen molar-refractivity contribution < 1.29 is 9.53 Å². The van der Waals surface area contributed by atoms with Gasteiger partial charge < -0.3 is 9.64 Å². The molecule has 1 amide bonds. The van der Waals surface area contributed by atoms with Gasteiger partial charge in [0.2, 0.25) is 5.91 Å². The zero-order chi connectivity index (χ0) is 24.1. The summed E-state index contributed by atoms with van der Waals surface area (Å²) in [7, 11) is 0. The molecule has 0 radical (unpaired) electrons. The standard InChI is InChI=1S/C26H29Cl2N5O2/c1-17-26(35-17)31-12-10-30(11-13-31)16-22-25(20-7-5-18(27)14-21(20)28)29-23-8-6-19(15-33(22)23)32-9-3-2-4-24(32)34/h5-8,14-15,17,26H,2-4,9-13,16H2,1H3. The number of hydrogen-bond donors (Lipinski definition) is 0. The molecule has 35 heavy (non-hydrogen) atoms. The van der Waals surface area contributed by atoms with Crippen LogP contribution in [0.4, 0.5) is 5.69 Å². The van der Waals surface area contributed by atoms with E-state index < -0.39 is 0 Å². The highest BCUT2D eigenvalue weighted by Crippen LogP contribution is 2.35. The van der Waals surface area contributed by atoms with Crippen LogP contribution < -0.4 is 4.90 Å². The summed E-state index contributed by atoms with van der Waals surface area (Å²) < 4.78 is 7.80. The highest BCUT2D eigenvalue weighted by Gasteiger charge is 2.40. The number of epoxide rings is 1. The van der Waals surface area contributed by atoms with Crippen LogP contribution in [0.15, 0.2) is 36.5 Å². The minimum absolute atomic E-state index is 0.186. The number of halogens is 2. The molecule has 6 rings (SSSR count). The third kappa shape index (κ3) is 4.56. The number of aromatic nitrogens is 2. The van der Waals surface area contributed by atoms with Gasteiger partial charge in [-0.3, -0.25) is 19.0 Å². The van der Waals surface area contributed by atoms with Gasteiger partial charge in [-0.15, -0.1) is 0 Å². The molecule has 3 saturated heterocycles. The largest absolute Gasteiger partial charge is 0.353 e. The van der Waals surface area contributed by atoms with E-state index in [2.05, 4.69) is 27.3 Å². The van der Waals surface area contributed by atoms with Crippen molar-refractivity contribution in [1.29, 1.82) is 0 Å². The number of benzene rings is 1. The SMILES string of the molecule is CC1OC1N1CCN(Cc2c(-c3ccc(Cl)cc3Cl)nc3ccc(N4CCCCC4=O)cn23)CC1. The van der Waals surface area contributed by atoms with E-state index in [1.807, 2.05) is 29.2 Å². The maximum atomic E-state index is 12.6. The minimum Gasteiger partial charge on any atom is -0.353 e. The number of rotatable bonds is 5. The van der Waals surface area contributed by atoms with Gasteiger partial charge >= 0.3 is 0 Å². The molecule has 3 aliphatic rings. The van der Waals surface area contributed by atoms with Crippen LogP contribution in [0, 0.1) is 0 Å². The van der Waals surface area contributed by atoms with Crippen molar-refractivity contribution in [3.63, 3.8) is 0 Å². The Labute approximate surface area is 215 Å². The maximum absolute atomic E-state index is 12.6.